The Morgan fingerprint density at radius 2 is 0.936 bits per heavy atom. The van der Waals surface area contributed by atoms with E-state index in [9.17, 15) is 0 Å². The number of para-hydroxylation sites is 7. The van der Waals surface area contributed by atoms with E-state index in [1.165, 1.54) is 0 Å². The van der Waals surface area contributed by atoms with E-state index in [-0.39, 0.29) is 0 Å². The van der Waals surface area contributed by atoms with Crippen LogP contribution < -0.4 is 0 Å². The molecule has 7 heteroatoms. The molecule has 7 nitrogen and oxygen atoms in total. The number of hydrogen-bond acceptors (Lipinski definition) is 2. The number of fused-ring (bicyclic) bond motifs is 12. The zero-order chi connectivity index (χ0) is 30.6. The van der Waals surface area contributed by atoms with Crippen molar-refractivity contribution in [3.8, 4) is 17.1 Å². The van der Waals surface area contributed by atoms with E-state index in [4.69, 9.17) is 9.97 Å². The van der Waals surface area contributed by atoms with Crippen molar-refractivity contribution in [1.29, 1.82) is 0 Å². The van der Waals surface area contributed by atoms with Crippen LogP contribution in [0.4, 0.5) is 0 Å². The third-order valence-electron chi connectivity index (χ3n) is 9.48. The van der Waals surface area contributed by atoms with Crippen molar-refractivity contribution >= 4 is 66.7 Å². The van der Waals surface area contributed by atoms with E-state index in [0.29, 0.717) is 0 Å². The molecule has 0 fully saturated rings. The van der Waals surface area contributed by atoms with Gasteiger partial charge < -0.3 is 0 Å². The third kappa shape index (κ3) is 3.19. The highest BCUT2D eigenvalue weighted by Gasteiger charge is 2.24. The van der Waals surface area contributed by atoms with Crippen LogP contribution >= 0.6 is 0 Å². The first-order chi connectivity index (χ1) is 23.3. The molecule has 0 unspecified atom stereocenters. The monoisotopic (exact) mass is 603 g/mol. The lowest BCUT2D eigenvalue weighted by Crippen LogP contribution is -1.98. The molecule has 0 saturated carbocycles. The summed E-state index contributed by atoms with van der Waals surface area (Å²) in [6.07, 6.45) is 0. The van der Waals surface area contributed by atoms with Crippen LogP contribution in [0.1, 0.15) is 0 Å². The first kappa shape index (κ1) is 24.7. The molecular formula is C40H25N7. The van der Waals surface area contributed by atoms with Gasteiger partial charge in [-0.2, -0.15) is 0 Å². The summed E-state index contributed by atoms with van der Waals surface area (Å²) in [4.78, 5) is 10.5. The molecule has 11 aromatic rings. The molecule has 0 radical (unpaired) electrons. The number of hydrogen-bond donors (Lipinski definition) is 0. The lowest BCUT2D eigenvalue weighted by molar-refractivity contribution is 1.08. The fourth-order valence-corrected chi connectivity index (χ4v) is 7.54. The molecule has 0 saturated heterocycles. The van der Waals surface area contributed by atoms with Crippen molar-refractivity contribution < 1.29 is 0 Å². The molecule has 5 aromatic heterocycles. The Labute approximate surface area is 267 Å². The lowest BCUT2D eigenvalue weighted by atomic mass is 10.2. The van der Waals surface area contributed by atoms with Crippen molar-refractivity contribution in [1.82, 2.24) is 32.5 Å². The molecule has 6 aromatic carbocycles. The van der Waals surface area contributed by atoms with Crippen LogP contribution in [0.15, 0.2) is 152 Å². The molecule has 0 aliphatic rings. The molecule has 0 aliphatic heterocycles. The van der Waals surface area contributed by atoms with E-state index in [0.717, 1.165) is 83.8 Å². The van der Waals surface area contributed by atoms with Gasteiger partial charge in [0.1, 0.15) is 5.52 Å². The van der Waals surface area contributed by atoms with Gasteiger partial charge in [0.15, 0.2) is 5.65 Å². The average Bonchev–Trinajstić information content (AvgIpc) is 3.91. The Kier molecular flexibility index (Phi) is 4.72. The molecule has 220 valence electrons. The minimum absolute atomic E-state index is 0.875. The van der Waals surface area contributed by atoms with Gasteiger partial charge in [0.25, 0.3) is 0 Å². The molecule has 0 amide bonds. The number of rotatable bonds is 3. The smallest absolute Gasteiger partial charge is 0.221 e. The maximum Gasteiger partial charge on any atom is 0.221 e. The minimum atomic E-state index is 0.875. The zero-order valence-electron chi connectivity index (χ0n) is 25.1. The van der Waals surface area contributed by atoms with Gasteiger partial charge in [-0.1, -0.05) is 78.9 Å². The van der Waals surface area contributed by atoms with Crippen molar-refractivity contribution in [2.75, 3.05) is 0 Å². The maximum absolute atomic E-state index is 5.42. The summed E-state index contributed by atoms with van der Waals surface area (Å²) in [5.74, 6) is 1.77. The number of nitrogens with zero attached hydrogens (tertiary/aromatic N) is 7. The van der Waals surface area contributed by atoms with E-state index in [1.807, 2.05) is 12.1 Å². The summed E-state index contributed by atoms with van der Waals surface area (Å²) in [6, 6.07) is 53.3. The summed E-state index contributed by atoms with van der Waals surface area (Å²) in [6.45, 7) is 0. The van der Waals surface area contributed by atoms with Gasteiger partial charge in [0, 0.05) is 16.8 Å². The van der Waals surface area contributed by atoms with Crippen molar-refractivity contribution in [2.24, 2.45) is 0 Å². The van der Waals surface area contributed by atoms with E-state index in [2.05, 4.69) is 162 Å². The Hall–Kier alpha value is -6.60. The van der Waals surface area contributed by atoms with Crippen LogP contribution in [0.5, 0.6) is 0 Å². The fourth-order valence-electron chi connectivity index (χ4n) is 7.54. The summed E-state index contributed by atoms with van der Waals surface area (Å²) in [5.41, 5.74) is 12.8. The first-order valence-corrected chi connectivity index (χ1v) is 15.8. The molecule has 0 N–H and O–H groups in total. The minimum Gasteiger partial charge on any atom is -0.294 e. The van der Waals surface area contributed by atoms with Gasteiger partial charge in [-0.25, -0.2) is 9.97 Å². The van der Waals surface area contributed by atoms with Crippen LogP contribution in [-0.2, 0) is 0 Å². The van der Waals surface area contributed by atoms with Crippen LogP contribution in [0.2, 0.25) is 0 Å². The lowest BCUT2D eigenvalue weighted by Gasteiger charge is -2.08. The fraction of sp³-hybridized carbons (Fsp3) is 0. The molecule has 5 heterocycles. The molecule has 0 aliphatic carbocycles. The molecule has 47 heavy (non-hydrogen) atoms. The average molecular weight is 604 g/mol. The van der Waals surface area contributed by atoms with Crippen LogP contribution in [0.25, 0.3) is 83.8 Å². The Morgan fingerprint density at radius 3 is 1.72 bits per heavy atom. The van der Waals surface area contributed by atoms with Crippen molar-refractivity contribution in [3.05, 3.63) is 152 Å². The SMILES string of the molecule is c1ccc(-n2c3ccc(-n4c5ccccc5n5c4nc4c6ccccc6n(-c6ccccc6)c45)cc3n3c4ccccc4nc23)cc1. The van der Waals surface area contributed by atoms with Crippen LogP contribution in [0, 0.1) is 0 Å². The predicted molar refractivity (Wildman–Crippen MR) is 189 cm³/mol. The van der Waals surface area contributed by atoms with Gasteiger partial charge in [-0.15, -0.1) is 0 Å². The maximum atomic E-state index is 5.42. The van der Waals surface area contributed by atoms with E-state index < -0.39 is 0 Å². The number of benzene rings is 6. The first-order valence-electron chi connectivity index (χ1n) is 15.8. The van der Waals surface area contributed by atoms with E-state index in [1.54, 1.807) is 0 Å². The van der Waals surface area contributed by atoms with Gasteiger partial charge in [-0.05, 0) is 72.8 Å². The number of aromatic nitrogens is 7. The van der Waals surface area contributed by atoms with Crippen molar-refractivity contribution in [3.63, 3.8) is 0 Å². The number of imidazole rings is 4. The topological polar surface area (TPSA) is 49.4 Å². The van der Waals surface area contributed by atoms with E-state index >= 15 is 0 Å². The highest BCUT2D eigenvalue weighted by atomic mass is 15.3. The normalized spacial score (nSPS) is 12.3. The highest BCUT2D eigenvalue weighted by Crippen LogP contribution is 2.37. The second kappa shape index (κ2) is 8.99. The van der Waals surface area contributed by atoms with Gasteiger partial charge in [-0.3, -0.25) is 22.5 Å². The van der Waals surface area contributed by atoms with Gasteiger partial charge >= 0.3 is 0 Å². The van der Waals surface area contributed by atoms with Crippen molar-refractivity contribution in [2.45, 2.75) is 0 Å². The Balaban J connectivity index is 1.28. The summed E-state index contributed by atoms with van der Waals surface area (Å²) in [7, 11) is 0. The van der Waals surface area contributed by atoms with Gasteiger partial charge in [0.05, 0.1) is 44.3 Å². The second-order valence-corrected chi connectivity index (χ2v) is 12.0. The zero-order valence-corrected chi connectivity index (χ0v) is 25.1. The molecule has 0 atom stereocenters. The summed E-state index contributed by atoms with van der Waals surface area (Å²) >= 11 is 0. The summed E-state index contributed by atoms with van der Waals surface area (Å²) in [5, 5.41) is 1.13. The van der Waals surface area contributed by atoms with Gasteiger partial charge in [0.2, 0.25) is 11.6 Å². The van der Waals surface area contributed by atoms with Crippen LogP contribution in [-0.4, -0.2) is 32.5 Å². The Bertz CT molecular complexity index is 3010. The Morgan fingerprint density at radius 1 is 0.362 bits per heavy atom. The molecule has 0 spiro atoms. The van der Waals surface area contributed by atoms with Crippen LogP contribution in [0.3, 0.4) is 0 Å². The molecular weight excluding hydrogens is 578 g/mol. The highest BCUT2D eigenvalue weighted by molar-refractivity contribution is 6.09. The molecule has 11 rings (SSSR count). The standard InChI is InChI=1S/C40H25N7/c1-3-13-26(14-4-1)43-31-19-9-7-17-29(31)37-38(43)47-34-22-12-11-21-33(34)45(40(47)42-37)28-23-24-35-36(25-28)46-32-20-10-8-18-30(32)41-39(46)44(35)27-15-5-2-6-16-27/h1-25H. The predicted octanol–water partition coefficient (Wildman–Crippen LogP) is 9.12. The third-order valence-corrected chi connectivity index (χ3v) is 9.48. The second-order valence-electron chi connectivity index (χ2n) is 12.0. The molecule has 0 bridgehead atoms. The largest absolute Gasteiger partial charge is 0.294 e. The summed E-state index contributed by atoms with van der Waals surface area (Å²) < 4.78 is 11.5. The quantitative estimate of drug-likeness (QED) is 0.202.